The van der Waals surface area contributed by atoms with E-state index < -0.39 is 0 Å². The third-order valence-electron chi connectivity index (χ3n) is 1.93. The van der Waals surface area contributed by atoms with E-state index in [1.165, 1.54) is 12.1 Å². The first-order valence-electron chi connectivity index (χ1n) is 4.49. The van der Waals surface area contributed by atoms with Crippen molar-refractivity contribution < 1.29 is 9.60 Å². The molecule has 1 rings (SSSR count). The number of oxime groups is 1. The van der Waals surface area contributed by atoms with Gasteiger partial charge in [-0.3, -0.25) is 0 Å². The van der Waals surface area contributed by atoms with Crippen molar-refractivity contribution in [3.8, 4) is 0 Å². The summed E-state index contributed by atoms with van der Waals surface area (Å²) in [5, 5.41) is 11.4. The number of benzene rings is 1. The molecule has 0 amide bonds. The summed E-state index contributed by atoms with van der Waals surface area (Å²) in [7, 11) is 0. The van der Waals surface area contributed by atoms with Gasteiger partial charge in [-0.2, -0.15) is 0 Å². The van der Waals surface area contributed by atoms with Gasteiger partial charge in [-0.05, 0) is 24.3 Å². The molecular weight excluding hydrogens is 215 g/mol. The van der Waals surface area contributed by atoms with Crippen LogP contribution in [0.4, 0.5) is 4.39 Å². The van der Waals surface area contributed by atoms with Crippen molar-refractivity contribution in [3.05, 3.63) is 30.1 Å². The van der Waals surface area contributed by atoms with Crippen LogP contribution in [-0.4, -0.2) is 16.8 Å². The van der Waals surface area contributed by atoms with Crippen LogP contribution in [0.15, 0.2) is 34.3 Å². The van der Waals surface area contributed by atoms with E-state index in [0.29, 0.717) is 5.75 Å². The van der Waals surface area contributed by atoms with E-state index in [4.69, 9.17) is 10.9 Å². The fourth-order valence-electron chi connectivity index (χ4n) is 0.936. The third-order valence-corrected chi connectivity index (χ3v) is 3.21. The van der Waals surface area contributed by atoms with Gasteiger partial charge in [0.1, 0.15) is 11.7 Å². The number of thioether (sulfide) groups is 1. The Morgan fingerprint density at radius 2 is 2.13 bits per heavy atom. The predicted molar refractivity (Wildman–Crippen MR) is 59.7 cm³/mol. The van der Waals surface area contributed by atoms with Gasteiger partial charge in [0.05, 0.1) is 0 Å². The quantitative estimate of drug-likeness (QED) is 0.273. The Morgan fingerprint density at radius 1 is 1.53 bits per heavy atom. The van der Waals surface area contributed by atoms with E-state index in [-0.39, 0.29) is 17.6 Å². The number of hydrogen-bond acceptors (Lipinski definition) is 3. The molecule has 0 saturated heterocycles. The highest BCUT2D eigenvalue weighted by Crippen LogP contribution is 2.20. The number of amidine groups is 1. The van der Waals surface area contributed by atoms with Crippen LogP contribution >= 0.6 is 11.8 Å². The maximum atomic E-state index is 12.6. The smallest absolute Gasteiger partial charge is 0.142 e. The Kier molecular flexibility index (Phi) is 4.42. The molecule has 1 aromatic carbocycles. The summed E-state index contributed by atoms with van der Waals surface area (Å²) < 4.78 is 12.6. The van der Waals surface area contributed by atoms with Gasteiger partial charge in [0.2, 0.25) is 0 Å². The number of hydrogen-bond donors (Lipinski definition) is 2. The topological polar surface area (TPSA) is 58.6 Å². The van der Waals surface area contributed by atoms with Crippen LogP contribution in [0.1, 0.15) is 6.92 Å². The zero-order valence-electron chi connectivity index (χ0n) is 8.35. The van der Waals surface area contributed by atoms with Gasteiger partial charge in [0, 0.05) is 16.6 Å². The number of nitrogens with zero attached hydrogens (tertiary/aromatic N) is 1. The van der Waals surface area contributed by atoms with Crippen LogP contribution in [0.5, 0.6) is 0 Å². The lowest BCUT2D eigenvalue weighted by atomic mass is 10.2. The van der Waals surface area contributed by atoms with Gasteiger partial charge in [-0.25, -0.2) is 4.39 Å². The summed E-state index contributed by atoms with van der Waals surface area (Å²) in [6, 6.07) is 6.24. The van der Waals surface area contributed by atoms with Crippen molar-refractivity contribution in [2.24, 2.45) is 16.8 Å². The molecule has 5 heteroatoms. The molecule has 3 N–H and O–H groups in total. The molecule has 0 bridgehead atoms. The number of rotatable bonds is 4. The highest BCUT2D eigenvalue weighted by Gasteiger charge is 2.07. The monoisotopic (exact) mass is 228 g/mol. The van der Waals surface area contributed by atoms with E-state index in [1.54, 1.807) is 23.9 Å². The molecule has 1 unspecified atom stereocenters. The van der Waals surface area contributed by atoms with Crippen molar-refractivity contribution in [2.45, 2.75) is 11.8 Å². The first kappa shape index (κ1) is 11.8. The molecule has 1 aromatic rings. The first-order valence-corrected chi connectivity index (χ1v) is 5.48. The lowest BCUT2D eigenvalue weighted by Crippen LogP contribution is -2.22. The fraction of sp³-hybridized carbons (Fsp3) is 0.300. The normalized spacial score (nSPS) is 13.9. The standard InChI is InChI=1S/C10H13FN2OS/c1-7(10(12)13-14)6-15-9-4-2-8(11)3-5-9/h2-5,7,14H,6H2,1H3,(H2,12,13). The third kappa shape index (κ3) is 3.79. The highest BCUT2D eigenvalue weighted by molar-refractivity contribution is 7.99. The molecule has 15 heavy (non-hydrogen) atoms. The molecular formula is C10H13FN2OS. The molecule has 0 heterocycles. The molecule has 0 aliphatic rings. The molecule has 82 valence electrons. The summed E-state index contributed by atoms with van der Waals surface area (Å²) in [5.41, 5.74) is 5.43. The Morgan fingerprint density at radius 3 is 2.67 bits per heavy atom. The van der Waals surface area contributed by atoms with Crippen molar-refractivity contribution >= 4 is 17.6 Å². The summed E-state index contributed by atoms with van der Waals surface area (Å²) in [6.07, 6.45) is 0. The first-order chi connectivity index (χ1) is 7.13. The van der Waals surface area contributed by atoms with Crippen LogP contribution < -0.4 is 5.73 Å². The predicted octanol–water partition coefficient (Wildman–Crippen LogP) is 2.30. The largest absolute Gasteiger partial charge is 0.409 e. The Balaban J connectivity index is 2.47. The van der Waals surface area contributed by atoms with Crippen molar-refractivity contribution in [1.82, 2.24) is 0 Å². The molecule has 0 radical (unpaired) electrons. The Labute approximate surface area is 92.2 Å². The minimum Gasteiger partial charge on any atom is -0.409 e. The molecule has 1 atom stereocenters. The van der Waals surface area contributed by atoms with Crippen molar-refractivity contribution in [1.29, 1.82) is 0 Å². The number of nitrogens with two attached hydrogens (primary N) is 1. The summed E-state index contributed by atoms with van der Waals surface area (Å²) in [4.78, 5) is 0.967. The van der Waals surface area contributed by atoms with Crippen LogP contribution in [-0.2, 0) is 0 Å². The minimum absolute atomic E-state index is 0.00921. The van der Waals surface area contributed by atoms with Crippen LogP contribution in [0, 0.1) is 11.7 Å². The summed E-state index contributed by atoms with van der Waals surface area (Å²) in [6.45, 7) is 1.87. The van der Waals surface area contributed by atoms with E-state index in [2.05, 4.69) is 5.16 Å². The summed E-state index contributed by atoms with van der Waals surface area (Å²) in [5.74, 6) is 0.653. The second-order valence-electron chi connectivity index (χ2n) is 3.19. The van der Waals surface area contributed by atoms with E-state index in [9.17, 15) is 4.39 Å². The van der Waals surface area contributed by atoms with Gasteiger partial charge in [-0.1, -0.05) is 12.1 Å². The van der Waals surface area contributed by atoms with Crippen molar-refractivity contribution in [3.63, 3.8) is 0 Å². The van der Waals surface area contributed by atoms with E-state index in [1.807, 2.05) is 6.92 Å². The maximum absolute atomic E-state index is 12.6. The average molecular weight is 228 g/mol. The fourth-order valence-corrected chi connectivity index (χ4v) is 1.88. The van der Waals surface area contributed by atoms with E-state index >= 15 is 0 Å². The highest BCUT2D eigenvalue weighted by atomic mass is 32.2. The molecule has 0 fully saturated rings. The molecule has 3 nitrogen and oxygen atoms in total. The van der Waals surface area contributed by atoms with Crippen LogP contribution in [0.3, 0.4) is 0 Å². The van der Waals surface area contributed by atoms with Gasteiger partial charge < -0.3 is 10.9 Å². The van der Waals surface area contributed by atoms with Crippen molar-refractivity contribution in [2.75, 3.05) is 5.75 Å². The second-order valence-corrected chi connectivity index (χ2v) is 4.28. The summed E-state index contributed by atoms with van der Waals surface area (Å²) >= 11 is 1.54. The number of halogens is 1. The van der Waals surface area contributed by atoms with Crippen LogP contribution in [0.2, 0.25) is 0 Å². The minimum atomic E-state index is -0.246. The maximum Gasteiger partial charge on any atom is 0.142 e. The van der Waals surface area contributed by atoms with Gasteiger partial charge >= 0.3 is 0 Å². The zero-order valence-corrected chi connectivity index (χ0v) is 9.17. The molecule has 0 saturated carbocycles. The van der Waals surface area contributed by atoms with Crippen LogP contribution in [0.25, 0.3) is 0 Å². The Bertz CT molecular complexity index is 340. The second kappa shape index (κ2) is 5.60. The lowest BCUT2D eigenvalue weighted by Gasteiger charge is -2.08. The molecule has 0 aliphatic heterocycles. The zero-order chi connectivity index (χ0) is 11.3. The van der Waals surface area contributed by atoms with Gasteiger partial charge in [0.25, 0.3) is 0 Å². The molecule has 0 aliphatic carbocycles. The van der Waals surface area contributed by atoms with Gasteiger partial charge in [-0.15, -0.1) is 11.8 Å². The van der Waals surface area contributed by atoms with E-state index in [0.717, 1.165) is 4.90 Å². The average Bonchev–Trinajstić information content (AvgIpc) is 2.26. The lowest BCUT2D eigenvalue weighted by molar-refractivity contribution is 0.315. The molecule has 0 aromatic heterocycles. The van der Waals surface area contributed by atoms with Gasteiger partial charge in [0.15, 0.2) is 0 Å². The SMILES string of the molecule is CC(CSc1ccc(F)cc1)/C(N)=N/O. The Hall–Kier alpha value is -1.23. The molecule has 0 spiro atoms.